The molecule has 0 spiro atoms. The van der Waals surface area contributed by atoms with Crippen molar-refractivity contribution in [1.29, 1.82) is 0 Å². The highest BCUT2D eigenvalue weighted by molar-refractivity contribution is 6.32. The molecule has 0 atom stereocenters. The molecular weight excluding hydrogens is 385 g/mol. The predicted molar refractivity (Wildman–Crippen MR) is 91.5 cm³/mol. The maximum atomic E-state index is 12.7. The Bertz CT molecular complexity index is 826. The zero-order valence-corrected chi connectivity index (χ0v) is 15.6. The second-order valence-corrected chi connectivity index (χ2v) is 6.84. The summed E-state index contributed by atoms with van der Waals surface area (Å²) in [4.78, 5) is 18.7. The first kappa shape index (κ1) is 19.5. The fraction of sp³-hybridized carbons (Fsp3) is 0.471. The van der Waals surface area contributed by atoms with Crippen LogP contribution < -0.4 is 9.88 Å². The van der Waals surface area contributed by atoms with E-state index in [4.69, 9.17) is 16.1 Å². The molecule has 0 unspecified atom stereocenters. The minimum absolute atomic E-state index is 0.000299. The van der Waals surface area contributed by atoms with Gasteiger partial charge in [-0.25, -0.2) is 4.98 Å². The van der Waals surface area contributed by atoms with E-state index < -0.39 is 11.7 Å². The van der Waals surface area contributed by atoms with E-state index in [2.05, 4.69) is 10.1 Å². The molecule has 2 aromatic rings. The number of pyridine rings is 1. The molecule has 6 nitrogen and oxygen atoms in total. The lowest BCUT2D eigenvalue weighted by Gasteiger charge is -2.31. The molecule has 0 bridgehead atoms. The van der Waals surface area contributed by atoms with Gasteiger partial charge < -0.3 is 9.42 Å². The number of halogens is 4. The smallest absolute Gasteiger partial charge is 0.361 e. The minimum atomic E-state index is -4.46. The molecule has 3 rings (SSSR count). The molecule has 1 amide bonds. The first-order valence-corrected chi connectivity index (χ1v) is 8.77. The van der Waals surface area contributed by atoms with Crippen LogP contribution in [0.15, 0.2) is 16.8 Å². The molecule has 2 aromatic heterocycles. The van der Waals surface area contributed by atoms with Crippen LogP contribution in [0.5, 0.6) is 0 Å². The molecule has 10 heteroatoms. The second kappa shape index (κ2) is 7.38. The topological polar surface area (TPSA) is 63.7 Å². The van der Waals surface area contributed by atoms with Crippen molar-refractivity contribution in [3.05, 3.63) is 39.9 Å². The minimum Gasteiger partial charge on any atom is -0.361 e. The number of hydrogen-bond donors (Lipinski definition) is 0. The van der Waals surface area contributed by atoms with Gasteiger partial charge in [0.2, 0.25) is 5.91 Å². The summed E-state index contributed by atoms with van der Waals surface area (Å²) in [5.41, 5.74) is 0.664. The largest absolute Gasteiger partial charge is 0.419 e. The first-order chi connectivity index (χ1) is 12.7. The first-order valence-electron chi connectivity index (χ1n) is 8.39. The molecule has 27 heavy (non-hydrogen) atoms. The third kappa shape index (κ3) is 4.18. The summed E-state index contributed by atoms with van der Waals surface area (Å²) in [6.45, 7) is 5.40. The average Bonchev–Trinajstić information content (AvgIpc) is 2.93. The lowest BCUT2D eigenvalue weighted by atomic mass is 10.1. The van der Waals surface area contributed by atoms with E-state index in [1.54, 1.807) is 18.7 Å². The number of H-pyrrole nitrogens is 1. The van der Waals surface area contributed by atoms with Crippen LogP contribution in [-0.4, -0.2) is 42.1 Å². The van der Waals surface area contributed by atoms with Crippen molar-refractivity contribution < 1.29 is 27.5 Å². The molecule has 0 aromatic carbocycles. The highest BCUT2D eigenvalue weighted by atomic mass is 35.5. The summed E-state index contributed by atoms with van der Waals surface area (Å²) < 4.78 is 43.3. The van der Waals surface area contributed by atoms with Gasteiger partial charge in [-0.3, -0.25) is 9.69 Å². The van der Waals surface area contributed by atoms with E-state index in [0.717, 1.165) is 17.8 Å². The van der Waals surface area contributed by atoms with Gasteiger partial charge in [0.15, 0.2) is 0 Å². The van der Waals surface area contributed by atoms with Crippen LogP contribution in [0.3, 0.4) is 0 Å². The number of nitrogens with zero attached hydrogens (tertiary/aromatic N) is 3. The lowest BCUT2D eigenvalue weighted by Crippen LogP contribution is -2.50. The Morgan fingerprint density at radius 3 is 2.48 bits per heavy atom. The number of aromatic nitrogens is 2. The summed E-state index contributed by atoms with van der Waals surface area (Å²) in [5, 5.41) is 3.85. The number of piperazine rings is 1. The van der Waals surface area contributed by atoms with Gasteiger partial charge in [0.25, 0.3) is 5.82 Å². The number of aryl methyl sites for hydroxylation is 2. The van der Waals surface area contributed by atoms with Crippen LogP contribution in [0, 0.1) is 13.8 Å². The van der Waals surface area contributed by atoms with Crippen molar-refractivity contribution in [3.8, 4) is 0 Å². The van der Waals surface area contributed by atoms with Crippen LogP contribution in [0.25, 0.3) is 0 Å². The van der Waals surface area contributed by atoms with Crippen LogP contribution in [-0.2, 0) is 17.4 Å². The van der Waals surface area contributed by atoms with Gasteiger partial charge in [0, 0.05) is 5.56 Å². The molecule has 0 aliphatic carbocycles. The van der Waals surface area contributed by atoms with Gasteiger partial charge in [-0.15, -0.1) is 0 Å². The number of hydrogen-bond acceptors (Lipinski definition) is 4. The molecule has 1 saturated heterocycles. The number of carbonyl (C=O) groups is 1. The third-order valence-electron chi connectivity index (χ3n) is 4.66. The van der Waals surface area contributed by atoms with E-state index in [1.165, 1.54) is 0 Å². The maximum absolute atomic E-state index is 12.7. The van der Waals surface area contributed by atoms with Gasteiger partial charge in [-0.2, -0.15) is 13.2 Å². The molecule has 0 radical (unpaired) electrons. The highest BCUT2D eigenvalue weighted by Crippen LogP contribution is 2.32. The van der Waals surface area contributed by atoms with E-state index in [0.29, 0.717) is 43.5 Å². The Balaban J connectivity index is 1.63. The zero-order chi connectivity index (χ0) is 19.8. The summed E-state index contributed by atoms with van der Waals surface area (Å²) in [5.74, 6) is 1.01. The van der Waals surface area contributed by atoms with Gasteiger partial charge in [-0.1, -0.05) is 16.8 Å². The summed E-state index contributed by atoms with van der Waals surface area (Å²) >= 11 is 6.03. The van der Waals surface area contributed by atoms with Crippen LogP contribution in [0.4, 0.5) is 19.0 Å². The summed E-state index contributed by atoms with van der Waals surface area (Å²) in [6, 6.07) is 0.905. The molecule has 1 aliphatic heterocycles. The fourth-order valence-corrected chi connectivity index (χ4v) is 3.36. The third-order valence-corrected chi connectivity index (χ3v) is 4.95. The molecule has 1 aliphatic rings. The van der Waals surface area contributed by atoms with Gasteiger partial charge in [-0.05, 0) is 19.9 Å². The van der Waals surface area contributed by atoms with Crippen LogP contribution in [0.2, 0.25) is 5.02 Å². The highest BCUT2D eigenvalue weighted by Gasteiger charge is 2.35. The van der Waals surface area contributed by atoms with Crippen molar-refractivity contribution >= 4 is 23.3 Å². The van der Waals surface area contributed by atoms with E-state index in [9.17, 15) is 18.0 Å². The molecule has 0 saturated carbocycles. The van der Waals surface area contributed by atoms with Crippen molar-refractivity contribution in [1.82, 2.24) is 10.1 Å². The maximum Gasteiger partial charge on any atom is 0.419 e. The zero-order valence-electron chi connectivity index (χ0n) is 14.9. The lowest BCUT2D eigenvalue weighted by molar-refractivity contribution is -0.367. The number of nitrogens with one attached hydrogen (secondary N) is 1. The molecule has 1 N–H and O–H groups in total. The summed E-state index contributed by atoms with van der Waals surface area (Å²) in [7, 11) is 0. The van der Waals surface area contributed by atoms with Gasteiger partial charge >= 0.3 is 6.18 Å². The molecular formula is C17H19ClF3N4O2+. The predicted octanol–water partition coefficient (Wildman–Crippen LogP) is 2.67. The number of amides is 1. The van der Waals surface area contributed by atoms with E-state index >= 15 is 0 Å². The molecule has 1 fully saturated rings. The van der Waals surface area contributed by atoms with E-state index in [1.807, 2.05) is 4.90 Å². The number of alkyl halides is 3. The van der Waals surface area contributed by atoms with Crippen molar-refractivity contribution in [2.24, 2.45) is 0 Å². The number of rotatable bonds is 3. The average molecular weight is 404 g/mol. The molecule has 146 valence electrons. The Labute approximate surface area is 158 Å². The number of aromatic amines is 1. The monoisotopic (exact) mass is 403 g/mol. The van der Waals surface area contributed by atoms with Crippen molar-refractivity contribution in [3.63, 3.8) is 0 Å². The van der Waals surface area contributed by atoms with Crippen LogP contribution >= 0.6 is 11.6 Å². The van der Waals surface area contributed by atoms with Crippen molar-refractivity contribution in [2.45, 2.75) is 26.4 Å². The number of anilines is 1. The van der Waals surface area contributed by atoms with Crippen LogP contribution in [0.1, 0.15) is 22.6 Å². The Hall–Kier alpha value is -2.29. The standard InChI is InChI=1S/C17H18ClF3N4O2/c1-10-13(11(2)27-23-10)8-15(26)24-3-5-25(6-4-24)16-14(18)7-12(9-22-16)17(19,20)21/h7,9H,3-6,8H2,1-2H3/p+1. The quantitative estimate of drug-likeness (QED) is 0.790. The molecule has 3 heterocycles. The SMILES string of the molecule is Cc1noc(C)c1CC(=O)N1CCN(c2[nH+]cc(C(F)(F)F)cc2Cl)CC1. The Kier molecular flexibility index (Phi) is 5.32. The summed E-state index contributed by atoms with van der Waals surface area (Å²) in [6.07, 6.45) is -3.34. The van der Waals surface area contributed by atoms with Gasteiger partial charge in [0.05, 0.1) is 30.8 Å². The number of carbonyl (C=O) groups excluding carboxylic acids is 1. The Morgan fingerprint density at radius 2 is 1.96 bits per heavy atom. The fourth-order valence-electron chi connectivity index (χ4n) is 3.06. The normalized spacial score (nSPS) is 15.3. The Morgan fingerprint density at radius 1 is 1.30 bits per heavy atom. The van der Waals surface area contributed by atoms with Gasteiger partial charge in [0.1, 0.15) is 30.1 Å². The second-order valence-electron chi connectivity index (χ2n) is 6.43. The van der Waals surface area contributed by atoms with E-state index in [-0.39, 0.29) is 17.4 Å². The van der Waals surface area contributed by atoms with Crippen molar-refractivity contribution in [2.75, 3.05) is 31.1 Å².